The monoisotopic (exact) mass is 406 g/mol. The molecule has 1 atom stereocenters. The number of fused-ring (bicyclic) bond motifs is 1. The zero-order chi connectivity index (χ0) is 19.6. The molecular formula is C21H26O4S2. The fraction of sp³-hybridized carbons (Fsp3) is 0.524. The summed E-state index contributed by atoms with van der Waals surface area (Å²) in [5.74, 6) is 0.440. The minimum absolute atomic E-state index is 0.240. The average Bonchev–Trinajstić information content (AvgIpc) is 3.25. The van der Waals surface area contributed by atoms with Crippen molar-refractivity contribution in [1.82, 2.24) is 0 Å². The third-order valence-electron chi connectivity index (χ3n) is 4.64. The highest BCUT2D eigenvalue weighted by atomic mass is 32.2. The third kappa shape index (κ3) is 3.79. The molecule has 0 spiro atoms. The van der Waals surface area contributed by atoms with Crippen LogP contribution in [0.3, 0.4) is 0 Å². The summed E-state index contributed by atoms with van der Waals surface area (Å²) in [6.45, 7) is 7.24. The van der Waals surface area contributed by atoms with Crippen LogP contribution in [-0.2, 0) is 19.1 Å². The Morgan fingerprint density at radius 3 is 2.11 bits per heavy atom. The standard InChI is InChI=1S/C21H26O4S2/c1-13(2)24-18(22)21(19(23)25-14(3)4,20-26-11-12-27-20)17-10-9-15-7-5-6-8-16(15)17/h5-10,13-14,17,20H,11-12H2,1-4H3. The maximum Gasteiger partial charge on any atom is 0.326 e. The molecule has 1 fully saturated rings. The van der Waals surface area contributed by atoms with Gasteiger partial charge in [0, 0.05) is 17.4 Å². The molecular weight excluding hydrogens is 380 g/mol. The van der Waals surface area contributed by atoms with Crippen molar-refractivity contribution >= 4 is 41.5 Å². The van der Waals surface area contributed by atoms with Crippen LogP contribution in [0.25, 0.3) is 6.08 Å². The lowest BCUT2D eigenvalue weighted by Gasteiger charge is -2.38. The van der Waals surface area contributed by atoms with Crippen LogP contribution in [0.4, 0.5) is 0 Å². The van der Waals surface area contributed by atoms with Crippen molar-refractivity contribution in [2.45, 2.75) is 50.4 Å². The Hall–Kier alpha value is -1.40. The average molecular weight is 407 g/mol. The molecule has 2 aliphatic rings. The zero-order valence-corrected chi connectivity index (χ0v) is 17.8. The third-order valence-corrected chi connectivity index (χ3v) is 7.95. The Kier molecular flexibility index (Phi) is 6.26. The van der Waals surface area contributed by atoms with Crippen LogP contribution < -0.4 is 0 Å². The number of carbonyl (C=O) groups is 2. The quantitative estimate of drug-likeness (QED) is 0.512. The molecule has 0 radical (unpaired) electrons. The molecule has 1 aliphatic heterocycles. The zero-order valence-electron chi connectivity index (χ0n) is 16.1. The van der Waals surface area contributed by atoms with E-state index in [1.807, 2.05) is 64.1 Å². The van der Waals surface area contributed by atoms with E-state index >= 15 is 0 Å². The summed E-state index contributed by atoms with van der Waals surface area (Å²) >= 11 is 3.30. The van der Waals surface area contributed by atoms with Crippen LogP contribution in [0.5, 0.6) is 0 Å². The van der Waals surface area contributed by atoms with Crippen molar-refractivity contribution in [2.75, 3.05) is 11.5 Å². The number of benzene rings is 1. The van der Waals surface area contributed by atoms with Crippen molar-refractivity contribution in [1.29, 1.82) is 0 Å². The van der Waals surface area contributed by atoms with E-state index in [0.29, 0.717) is 0 Å². The fourth-order valence-corrected chi connectivity index (χ4v) is 6.93. The number of allylic oxidation sites excluding steroid dienone is 1. The summed E-state index contributed by atoms with van der Waals surface area (Å²) in [7, 11) is 0. The van der Waals surface area contributed by atoms with E-state index in [1.165, 1.54) is 0 Å². The van der Waals surface area contributed by atoms with E-state index < -0.39 is 23.3 Å². The first-order valence-corrected chi connectivity index (χ1v) is 11.4. The van der Waals surface area contributed by atoms with Gasteiger partial charge in [0.05, 0.1) is 16.8 Å². The first-order valence-electron chi connectivity index (χ1n) is 9.29. The molecule has 146 valence electrons. The van der Waals surface area contributed by atoms with Gasteiger partial charge in [-0.15, -0.1) is 23.5 Å². The molecule has 1 aromatic carbocycles. The van der Waals surface area contributed by atoms with E-state index in [9.17, 15) is 9.59 Å². The maximum absolute atomic E-state index is 13.5. The van der Waals surface area contributed by atoms with Crippen LogP contribution >= 0.6 is 23.5 Å². The summed E-state index contributed by atoms with van der Waals surface area (Å²) in [5, 5.41) is 0. The van der Waals surface area contributed by atoms with Crippen molar-refractivity contribution in [2.24, 2.45) is 5.41 Å². The Bertz CT molecular complexity index is 713. The number of hydrogen-bond donors (Lipinski definition) is 0. The molecule has 1 aliphatic carbocycles. The second-order valence-corrected chi connectivity index (χ2v) is 10.0. The molecule has 0 bridgehead atoms. The molecule has 1 heterocycles. The lowest BCUT2D eigenvalue weighted by Crippen LogP contribution is -2.52. The Morgan fingerprint density at radius 1 is 1.00 bits per heavy atom. The number of thioether (sulfide) groups is 2. The summed E-state index contributed by atoms with van der Waals surface area (Å²) in [5.41, 5.74) is 0.616. The first-order chi connectivity index (χ1) is 12.9. The fourth-order valence-electron chi connectivity index (χ4n) is 3.57. The van der Waals surface area contributed by atoms with Gasteiger partial charge in [-0.1, -0.05) is 36.4 Å². The molecule has 1 aromatic rings. The highest BCUT2D eigenvalue weighted by molar-refractivity contribution is 8.20. The number of ether oxygens (including phenoxy) is 2. The van der Waals surface area contributed by atoms with E-state index in [4.69, 9.17) is 9.47 Å². The van der Waals surface area contributed by atoms with E-state index in [2.05, 4.69) is 0 Å². The van der Waals surface area contributed by atoms with Gasteiger partial charge in [0.1, 0.15) is 0 Å². The van der Waals surface area contributed by atoms with Crippen molar-refractivity contribution in [3.63, 3.8) is 0 Å². The van der Waals surface area contributed by atoms with E-state index in [1.54, 1.807) is 23.5 Å². The summed E-state index contributed by atoms with van der Waals surface area (Å²) in [6.07, 6.45) is 3.35. The summed E-state index contributed by atoms with van der Waals surface area (Å²) in [6, 6.07) is 7.91. The van der Waals surface area contributed by atoms with Gasteiger partial charge in [0.2, 0.25) is 0 Å². The number of carbonyl (C=O) groups excluding carboxylic acids is 2. The van der Waals surface area contributed by atoms with Crippen LogP contribution in [0.15, 0.2) is 30.3 Å². The molecule has 1 saturated heterocycles. The molecule has 0 amide bonds. The van der Waals surface area contributed by atoms with Crippen molar-refractivity contribution in [3.8, 4) is 0 Å². The van der Waals surface area contributed by atoms with Crippen LogP contribution in [0.1, 0.15) is 44.7 Å². The predicted molar refractivity (Wildman–Crippen MR) is 112 cm³/mol. The Labute approximate surface area is 169 Å². The molecule has 6 heteroatoms. The van der Waals surface area contributed by atoms with E-state index in [0.717, 1.165) is 22.6 Å². The predicted octanol–water partition coefficient (Wildman–Crippen LogP) is 4.49. The summed E-state index contributed by atoms with van der Waals surface area (Å²) in [4.78, 5) is 27.0. The largest absolute Gasteiger partial charge is 0.462 e. The van der Waals surface area contributed by atoms with Crippen LogP contribution in [0, 0.1) is 5.41 Å². The summed E-state index contributed by atoms with van der Waals surface area (Å²) < 4.78 is 11.1. The molecule has 0 aromatic heterocycles. The second-order valence-electron chi connectivity index (χ2n) is 7.32. The minimum Gasteiger partial charge on any atom is -0.462 e. The molecule has 4 nitrogen and oxygen atoms in total. The van der Waals surface area contributed by atoms with Crippen molar-refractivity contribution < 1.29 is 19.1 Å². The lowest BCUT2D eigenvalue weighted by atomic mass is 9.73. The lowest BCUT2D eigenvalue weighted by molar-refractivity contribution is -0.176. The minimum atomic E-state index is -1.40. The molecule has 0 saturated carbocycles. The Balaban J connectivity index is 2.15. The second kappa shape index (κ2) is 8.31. The van der Waals surface area contributed by atoms with Gasteiger partial charge in [-0.3, -0.25) is 9.59 Å². The van der Waals surface area contributed by atoms with Crippen LogP contribution in [0.2, 0.25) is 0 Å². The highest BCUT2D eigenvalue weighted by Gasteiger charge is 2.62. The van der Waals surface area contributed by atoms with Gasteiger partial charge in [0.15, 0.2) is 5.41 Å². The number of esters is 2. The topological polar surface area (TPSA) is 52.6 Å². The normalized spacial score (nSPS) is 19.6. The van der Waals surface area contributed by atoms with Gasteiger partial charge < -0.3 is 9.47 Å². The number of rotatable bonds is 6. The molecule has 27 heavy (non-hydrogen) atoms. The molecule has 0 N–H and O–H groups in total. The number of hydrogen-bond acceptors (Lipinski definition) is 6. The van der Waals surface area contributed by atoms with Crippen LogP contribution in [-0.4, -0.2) is 40.2 Å². The Morgan fingerprint density at radius 2 is 1.56 bits per heavy atom. The van der Waals surface area contributed by atoms with Gasteiger partial charge in [-0.25, -0.2) is 0 Å². The highest BCUT2D eigenvalue weighted by Crippen LogP contribution is 2.55. The molecule has 1 unspecified atom stereocenters. The van der Waals surface area contributed by atoms with Gasteiger partial charge in [0.25, 0.3) is 0 Å². The molecule has 3 rings (SSSR count). The van der Waals surface area contributed by atoms with Gasteiger partial charge >= 0.3 is 11.9 Å². The van der Waals surface area contributed by atoms with E-state index in [-0.39, 0.29) is 16.8 Å². The SMILES string of the molecule is CC(C)OC(=O)C(C(=O)OC(C)C)(C1SCCS1)C1C=Cc2ccccc21. The first kappa shape index (κ1) is 20.3. The smallest absolute Gasteiger partial charge is 0.326 e. The van der Waals surface area contributed by atoms with Crippen molar-refractivity contribution in [3.05, 3.63) is 41.5 Å². The maximum atomic E-state index is 13.5. The van der Waals surface area contributed by atoms with Gasteiger partial charge in [-0.05, 0) is 38.8 Å². The van der Waals surface area contributed by atoms with Gasteiger partial charge in [-0.2, -0.15) is 0 Å².